The van der Waals surface area contributed by atoms with Crippen LogP contribution in [0.5, 0.6) is 0 Å². The number of carbonyl (C=O) groups excluding carboxylic acids is 4. The molecule has 0 aliphatic carbocycles. The Morgan fingerprint density at radius 1 is 0.583 bits per heavy atom. The molecule has 36 heavy (non-hydrogen) atoms. The molecule has 3 aromatic carbocycles. The molecule has 0 amide bonds. The van der Waals surface area contributed by atoms with Crippen LogP contribution < -0.4 is 0 Å². The van der Waals surface area contributed by atoms with Crippen molar-refractivity contribution >= 4 is 23.9 Å². The van der Waals surface area contributed by atoms with Gasteiger partial charge in [-0.3, -0.25) is 0 Å². The highest BCUT2D eigenvalue weighted by Gasteiger charge is 2.62. The van der Waals surface area contributed by atoms with Crippen molar-refractivity contribution in [3.63, 3.8) is 0 Å². The van der Waals surface area contributed by atoms with Crippen LogP contribution in [-0.4, -0.2) is 54.6 Å². The van der Waals surface area contributed by atoms with Crippen LogP contribution in [0, 0.1) is 0 Å². The van der Waals surface area contributed by atoms with E-state index < -0.39 is 54.6 Å². The zero-order valence-electron chi connectivity index (χ0n) is 18.7. The molecule has 2 aliphatic heterocycles. The molecule has 2 aliphatic rings. The van der Waals surface area contributed by atoms with Crippen molar-refractivity contribution in [3.05, 3.63) is 108 Å². The lowest BCUT2D eigenvalue weighted by Gasteiger charge is -2.22. The Morgan fingerprint density at radius 3 is 1.53 bits per heavy atom. The van der Waals surface area contributed by atoms with Gasteiger partial charge in [-0.25, -0.2) is 19.2 Å². The van der Waals surface area contributed by atoms with Crippen molar-refractivity contribution in [2.75, 3.05) is 0 Å². The Kier molecular flexibility index (Phi) is 6.46. The summed E-state index contributed by atoms with van der Waals surface area (Å²) in [5.74, 6) is -3.08. The van der Waals surface area contributed by atoms with Gasteiger partial charge in [-0.15, -0.1) is 0 Å². The molecule has 2 saturated heterocycles. The quantitative estimate of drug-likeness (QED) is 0.382. The standard InChI is InChI=1S/C27H20O9/c28-23(16-10-4-1-5-11-16)33-21-19-20(32-26(21)31)22(34-24(29)17-12-6-2-7-13-17)27(35-19)36-25(30)18-14-8-3-9-15-18/h1-15,19-22,27H/t19-,20-,21-,22+,27+/m0/s1. The van der Waals surface area contributed by atoms with Gasteiger partial charge in [-0.2, -0.15) is 0 Å². The van der Waals surface area contributed by atoms with Crippen LogP contribution in [0.25, 0.3) is 0 Å². The molecule has 0 N–H and O–H groups in total. The first-order valence-electron chi connectivity index (χ1n) is 11.2. The van der Waals surface area contributed by atoms with Gasteiger partial charge in [0.2, 0.25) is 18.5 Å². The second-order valence-corrected chi connectivity index (χ2v) is 8.07. The Hall–Kier alpha value is -4.50. The molecule has 3 aromatic rings. The Balaban J connectivity index is 1.38. The average Bonchev–Trinajstić information content (AvgIpc) is 3.39. The van der Waals surface area contributed by atoms with Crippen LogP contribution in [0.15, 0.2) is 91.0 Å². The smallest absolute Gasteiger partial charge is 0.350 e. The second-order valence-electron chi connectivity index (χ2n) is 8.07. The van der Waals surface area contributed by atoms with Crippen molar-refractivity contribution in [1.29, 1.82) is 0 Å². The summed E-state index contributed by atoms with van der Waals surface area (Å²) in [6, 6.07) is 24.4. The lowest BCUT2D eigenvalue weighted by molar-refractivity contribution is -0.170. The molecule has 5 atom stereocenters. The van der Waals surface area contributed by atoms with Crippen LogP contribution in [-0.2, 0) is 28.5 Å². The highest BCUT2D eigenvalue weighted by atomic mass is 16.8. The number of carbonyl (C=O) groups is 4. The predicted octanol–water partition coefficient (Wildman–Crippen LogP) is 2.94. The molecular formula is C27H20O9. The van der Waals surface area contributed by atoms with Crippen molar-refractivity contribution < 1.29 is 42.9 Å². The molecule has 0 saturated carbocycles. The number of ether oxygens (including phenoxy) is 5. The Bertz CT molecular complexity index is 1260. The zero-order chi connectivity index (χ0) is 25.1. The molecule has 182 valence electrons. The molecule has 5 rings (SSSR count). The summed E-state index contributed by atoms with van der Waals surface area (Å²) in [7, 11) is 0. The summed E-state index contributed by atoms with van der Waals surface area (Å²) in [4.78, 5) is 50.6. The van der Waals surface area contributed by atoms with E-state index in [-0.39, 0.29) is 16.7 Å². The average molecular weight is 488 g/mol. The molecular weight excluding hydrogens is 468 g/mol. The maximum Gasteiger partial charge on any atom is 0.350 e. The number of rotatable bonds is 6. The number of benzene rings is 3. The van der Waals surface area contributed by atoms with Gasteiger partial charge < -0.3 is 23.7 Å². The minimum Gasteiger partial charge on any atom is -0.452 e. The second kappa shape index (κ2) is 10.0. The maximum atomic E-state index is 12.8. The lowest BCUT2D eigenvalue weighted by atomic mass is 10.1. The number of esters is 4. The highest BCUT2D eigenvalue weighted by Crippen LogP contribution is 2.37. The molecule has 2 fully saturated rings. The topological polar surface area (TPSA) is 114 Å². The van der Waals surface area contributed by atoms with Crippen LogP contribution in [0.4, 0.5) is 0 Å². The minimum atomic E-state index is -1.44. The van der Waals surface area contributed by atoms with Crippen LogP contribution in [0.2, 0.25) is 0 Å². The first-order chi connectivity index (χ1) is 17.5. The van der Waals surface area contributed by atoms with Crippen molar-refractivity contribution in [1.82, 2.24) is 0 Å². The van der Waals surface area contributed by atoms with Gasteiger partial charge in [0, 0.05) is 0 Å². The van der Waals surface area contributed by atoms with Crippen molar-refractivity contribution in [2.24, 2.45) is 0 Å². The van der Waals surface area contributed by atoms with Gasteiger partial charge in [0.1, 0.15) is 0 Å². The largest absolute Gasteiger partial charge is 0.452 e. The first-order valence-corrected chi connectivity index (χ1v) is 11.2. The number of hydrogen-bond acceptors (Lipinski definition) is 9. The van der Waals surface area contributed by atoms with E-state index in [1.165, 1.54) is 12.1 Å². The zero-order valence-corrected chi connectivity index (χ0v) is 18.7. The van der Waals surface area contributed by atoms with Crippen LogP contribution in [0.1, 0.15) is 31.1 Å². The van der Waals surface area contributed by atoms with Gasteiger partial charge in [-0.05, 0) is 36.4 Å². The van der Waals surface area contributed by atoms with Crippen LogP contribution in [0.3, 0.4) is 0 Å². The van der Waals surface area contributed by atoms with Gasteiger partial charge in [-0.1, -0.05) is 54.6 Å². The van der Waals surface area contributed by atoms with Crippen molar-refractivity contribution in [2.45, 2.75) is 30.7 Å². The van der Waals surface area contributed by atoms with Crippen LogP contribution >= 0.6 is 0 Å². The fourth-order valence-corrected chi connectivity index (χ4v) is 3.97. The van der Waals surface area contributed by atoms with E-state index in [0.29, 0.717) is 0 Å². The summed E-state index contributed by atoms with van der Waals surface area (Å²) < 4.78 is 27.6. The molecule has 0 bridgehead atoms. The van der Waals surface area contributed by atoms with E-state index in [2.05, 4.69) is 0 Å². The van der Waals surface area contributed by atoms with E-state index in [4.69, 9.17) is 23.7 Å². The summed E-state index contributed by atoms with van der Waals surface area (Å²) in [6.07, 6.45) is -6.47. The summed E-state index contributed by atoms with van der Waals surface area (Å²) in [6.45, 7) is 0. The summed E-state index contributed by atoms with van der Waals surface area (Å²) in [5, 5.41) is 0. The Labute approximate surface area is 205 Å². The molecule has 0 aromatic heterocycles. The lowest BCUT2D eigenvalue weighted by Crippen LogP contribution is -2.39. The Morgan fingerprint density at radius 2 is 1.03 bits per heavy atom. The summed E-state index contributed by atoms with van der Waals surface area (Å²) in [5.41, 5.74) is 0.715. The highest BCUT2D eigenvalue weighted by molar-refractivity contribution is 5.92. The molecule has 9 nitrogen and oxygen atoms in total. The minimum absolute atomic E-state index is 0.228. The summed E-state index contributed by atoms with van der Waals surface area (Å²) >= 11 is 0. The normalized spacial score (nSPS) is 24.3. The van der Waals surface area contributed by atoms with E-state index in [0.717, 1.165) is 0 Å². The first kappa shape index (κ1) is 23.3. The van der Waals surface area contributed by atoms with E-state index in [1.54, 1.807) is 78.9 Å². The SMILES string of the molecule is O=C(O[C@H]1O[C@H]2[C@H](OC(=O)[C@H]2OC(=O)c2ccccc2)[C@H]1OC(=O)c1ccccc1)c1ccccc1. The van der Waals surface area contributed by atoms with Gasteiger partial charge >= 0.3 is 23.9 Å². The number of hydrogen-bond donors (Lipinski definition) is 0. The van der Waals surface area contributed by atoms with Crippen molar-refractivity contribution in [3.8, 4) is 0 Å². The molecule has 2 heterocycles. The van der Waals surface area contributed by atoms with Gasteiger partial charge in [0.05, 0.1) is 16.7 Å². The third-order valence-electron chi connectivity index (χ3n) is 5.72. The number of fused-ring (bicyclic) bond motifs is 1. The third-order valence-corrected chi connectivity index (χ3v) is 5.72. The van der Waals surface area contributed by atoms with E-state index in [9.17, 15) is 19.2 Å². The van der Waals surface area contributed by atoms with Gasteiger partial charge in [0.25, 0.3) is 0 Å². The molecule has 0 unspecified atom stereocenters. The fourth-order valence-electron chi connectivity index (χ4n) is 3.97. The van der Waals surface area contributed by atoms with E-state index in [1.807, 2.05) is 0 Å². The molecule has 9 heteroatoms. The monoisotopic (exact) mass is 488 g/mol. The molecule has 0 radical (unpaired) electrons. The third kappa shape index (κ3) is 4.69. The van der Waals surface area contributed by atoms with Gasteiger partial charge in [0.15, 0.2) is 12.2 Å². The fraction of sp³-hybridized carbons (Fsp3) is 0.185. The molecule has 0 spiro atoms. The predicted molar refractivity (Wildman–Crippen MR) is 122 cm³/mol. The maximum absolute atomic E-state index is 12.8. The van der Waals surface area contributed by atoms with E-state index >= 15 is 0 Å².